The van der Waals surface area contributed by atoms with Crippen LogP contribution in [0.4, 0.5) is 0 Å². The van der Waals surface area contributed by atoms with E-state index in [0.29, 0.717) is 11.3 Å². The number of furan rings is 1. The molecule has 32 heavy (non-hydrogen) atoms. The Balaban J connectivity index is 1.97. The maximum atomic E-state index is 12.2. The van der Waals surface area contributed by atoms with Gasteiger partial charge in [-0.1, -0.05) is 52.8 Å². The lowest BCUT2D eigenvalue weighted by Crippen LogP contribution is -2.27. The minimum atomic E-state index is -0.974. The molecule has 1 aromatic heterocycles. The lowest BCUT2D eigenvalue weighted by Gasteiger charge is -2.31. The van der Waals surface area contributed by atoms with Crippen LogP contribution in [0.15, 0.2) is 46.9 Å². The molecular formula is C27H32O5. The van der Waals surface area contributed by atoms with Crippen molar-refractivity contribution in [2.24, 2.45) is 5.41 Å². The highest BCUT2D eigenvalue weighted by molar-refractivity contribution is 5.92. The van der Waals surface area contributed by atoms with Crippen LogP contribution in [0.1, 0.15) is 74.7 Å². The summed E-state index contributed by atoms with van der Waals surface area (Å²) in [4.78, 5) is 23.6. The summed E-state index contributed by atoms with van der Waals surface area (Å²) >= 11 is 0. The van der Waals surface area contributed by atoms with Crippen molar-refractivity contribution < 1.29 is 23.8 Å². The Bertz CT molecular complexity index is 1140. The van der Waals surface area contributed by atoms with Crippen molar-refractivity contribution >= 4 is 22.7 Å². The van der Waals surface area contributed by atoms with Gasteiger partial charge in [0.15, 0.2) is 5.78 Å². The number of fused-ring (bicyclic) bond motifs is 1. The molecule has 1 N–H and O–H groups in total. The van der Waals surface area contributed by atoms with Crippen LogP contribution in [-0.2, 0) is 10.2 Å². The fourth-order valence-electron chi connectivity index (χ4n) is 4.02. The molecule has 0 bridgehead atoms. The van der Waals surface area contributed by atoms with Crippen LogP contribution in [0.3, 0.4) is 0 Å². The molecule has 5 heteroatoms. The number of ketones is 1. The number of aryl methyl sites for hydroxylation is 1. The SMILES string of the molecule is CCC(CC)(c1ccc(OCC(=O)C(C)(C)C)c(C)c1)c1cc2ccc(C(=O)O)cc2o1. The van der Waals surface area contributed by atoms with Crippen molar-refractivity contribution in [1.82, 2.24) is 0 Å². The summed E-state index contributed by atoms with van der Waals surface area (Å²) in [6, 6.07) is 13.0. The van der Waals surface area contributed by atoms with Gasteiger partial charge in [-0.15, -0.1) is 0 Å². The fraction of sp³-hybridized carbons (Fsp3) is 0.407. The van der Waals surface area contributed by atoms with E-state index in [1.165, 1.54) is 0 Å². The molecule has 0 aliphatic carbocycles. The van der Waals surface area contributed by atoms with Crippen molar-refractivity contribution in [2.45, 2.75) is 59.8 Å². The van der Waals surface area contributed by atoms with Gasteiger partial charge in [0.25, 0.3) is 0 Å². The number of benzene rings is 2. The lowest BCUT2D eigenvalue weighted by molar-refractivity contribution is -0.128. The highest BCUT2D eigenvalue weighted by Crippen LogP contribution is 2.42. The van der Waals surface area contributed by atoms with Gasteiger partial charge in [-0.05, 0) is 55.2 Å². The van der Waals surface area contributed by atoms with E-state index in [9.17, 15) is 14.7 Å². The number of hydrogen-bond acceptors (Lipinski definition) is 4. The van der Waals surface area contributed by atoms with Crippen molar-refractivity contribution in [1.29, 1.82) is 0 Å². The number of carbonyl (C=O) groups is 2. The van der Waals surface area contributed by atoms with E-state index in [-0.39, 0.29) is 23.4 Å². The Hall–Kier alpha value is -3.08. The van der Waals surface area contributed by atoms with Gasteiger partial charge in [-0.25, -0.2) is 4.79 Å². The summed E-state index contributed by atoms with van der Waals surface area (Å²) in [5.41, 5.74) is 2.05. The maximum Gasteiger partial charge on any atom is 0.335 e. The Morgan fingerprint density at radius 2 is 1.69 bits per heavy atom. The van der Waals surface area contributed by atoms with Gasteiger partial charge in [0.1, 0.15) is 23.7 Å². The molecule has 170 valence electrons. The number of carboxylic acids is 1. The van der Waals surface area contributed by atoms with Crippen LogP contribution in [0.5, 0.6) is 5.75 Å². The van der Waals surface area contributed by atoms with E-state index in [2.05, 4.69) is 19.9 Å². The maximum absolute atomic E-state index is 12.2. The summed E-state index contributed by atoms with van der Waals surface area (Å²) < 4.78 is 12.0. The third kappa shape index (κ3) is 4.43. The summed E-state index contributed by atoms with van der Waals surface area (Å²) in [7, 11) is 0. The average Bonchev–Trinajstić information content (AvgIpc) is 3.17. The normalized spacial score (nSPS) is 12.2. The molecule has 1 heterocycles. The quantitative estimate of drug-likeness (QED) is 0.434. The monoisotopic (exact) mass is 436 g/mol. The van der Waals surface area contributed by atoms with Crippen LogP contribution < -0.4 is 4.74 Å². The molecule has 3 rings (SSSR count). The minimum Gasteiger partial charge on any atom is -0.486 e. The second-order valence-corrected chi connectivity index (χ2v) is 9.40. The fourth-order valence-corrected chi connectivity index (χ4v) is 4.02. The molecule has 0 spiro atoms. The first-order valence-corrected chi connectivity index (χ1v) is 11.1. The predicted octanol–water partition coefficient (Wildman–Crippen LogP) is 6.54. The van der Waals surface area contributed by atoms with Crippen LogP contribution in [0.2, 0.25) is 0 Å². The largest absolute Gasteiger partial charge is 0.486 e. The van der Waals surface area contributed by atoms with Gasteiger partial charge in [0.05, 0.1) is 11.0 Å². The molecular weight excluding hydrogens is 404 g/mol. The third-order valence-corrected chi connectivity index (χ3v) is 6.37. The summed E-state index contributed by atoms with van der Waals surface area (Å²) in [5.74, 6) is 0.595. The number of rotatable bonds is 8. The topological polar surface area (TPSA) is 76.7 Å². The van der Waals surface area contributed by atoms with Gasteiger partial charge in [-0.2, -0.15) is 0 Å². The number of hydrogen-bond donors (Lipinski definition) is 1. The summed E-state index contributed by atoms with van der Waals surface area (Å²) in [5, 5.41) is 10.2. The van der Waals surface area contributed by atoms with Crippen LogP contribution in [-0.4, -0.2) is 23.5 Å². The van der Waals surface area contributed by atoms with Gasteiger partial charge >= 0.3 is 5.97 Å². The van der Waals surface area contributed by atoms with Gasteiger partial charge in [-0.3, -0.25) is 4.79 Å². The zero-order valence-electron chi connectivity index (χ0n) is 19.7. The average molecular weight is 437 g/mol. The van der Waals surface area contributed by atoms with E-state index in [0.717, 1.165) is 35.1 Å². The van der Waals surface area contributed by atoms with Crippen LogP contribution in [0.25, 0.3) is 11.0 Å². The van der Waals surface area contributed by atoms with Gasteiger partial charge in [0, 0.05) is 10.8 Å². The van der Waals surface area contributed by atoms with Gasteiger partial charge in [0.2, 0.25) is 0 Å². The molecule has 0 saturated carbocycles. The molecule has 0 radical (unpaired) electrons. The summed E-state index contributed by atoms with van der Waals surface area (Å²) in [6.45, 7) is 11.9. The number of carboxylic acid groups (broad SMARTS) is 1. The van der Waals surface area contributed by atoms with E-state index < -0.39 is 11.4 Å². The molecule has 0 amide bonds. The van der Waals surface area contributed by atoms with E-state index in [1.54, 1.807) is 18.2 Å². The van der Waals surface area contributed by atoms with E-state index >= 15 is 0 Å². The highest BCUT2D eigenvalue weighted by atomic mass is 16.5. The standard InChI is InChI=1S/C27H32O5/c1-7-27(8-2,24-15-18-9-10-19(25(29)30)14-22(18)32-24)20-11-12-21(17(3)13-20)31-16-23(28)26(4,5)6/h9-15H,7-8,16H2,1-6H3,(H,29,30). The second-order valence-electron chi connectivity index (χ2n) is 9.40. The van der Waals surface area contributed by atoms with Crippen molar-refractivity contribution in [3.63, 3.8) is 0 Å². The Labute approximate surface area is 189 Å². The Kier molecular flexibility index (Phi) is 6.49. The van der Waals surface area contributed by atoms with Crippen LogP contribution in [0, 0.1) is 12.3 Å². The van der Waals surface area contributed by atoms with Crippen molar-refractivity contribution in [3.05, 3.63) is 64.9 Å². The molecule has 2 aromatic carbocycles. The van der Waals surface area contributed by atoms with Crippen molar-refractivity contribution in [3.8, 4) is 5.75 Å². The molecule has 0 atom stereocenters. The molecule has 0 aliphatic rings. The molecule has 0 unspecified atom stereocenters. The molecule has 0 saturated heterocycles. The minimum absolute atomic E-state index is 0.0475. The Morgan fingerprint density at radius 1 is 1.00 bits per heavy atom. The first kappa shape index (κ1) is 23.6. The Morgan fingerprint density at radius 3 is 2.25 bits per heavy atom. The number of ether oxygens (including phenoxy) is 1. The number of aromatic carboxylic acids is 1. The first-order valence-electron chi connectivity index (χ1n) is 11.1. The molecule has 5 nitrogen and oxygen atoms in total. The van der Waals surface area contributed by atoms with Crippen molar-refractivity contribution in [2.75, 3.05) is 6.61 Å². The number of carbonyl (C=O) groups excluding carboxylic acids is 1. The number of Topliss-reactive ketones (excluding diaryl/α,β-unsaturated/α-hetero) is 1. The first-order chi connectivity index (χ1) is 15.0. The van der Waals surface area contributed by atoms with E-state index in [4.69, 9.17) is 9.15 Å². The summed E-state index contributed by atoms with van der Waals surface area (Å²) in [6.07, 6.45) is 1.63. The molecule has 3 aromatic rings. The molecule has 0 fully saturated rings. The lowest BCUT2D eigenvalue weighted by atomic mass is 9.73. The predicted molar refractivity (Wildman–Crippen MR) is 126 cm³/mol. The smallest absolute Gasteiger partial charge is 0.335 e. The van der Waals surface area contributed by atoms with Crippen LogP contribution >= 0.6 is 0 Å². The zero-order chi connectivity index (χ0) is 23.7. The molecule has 0 aliphatic heterocycles. The van der Waals surface area contributed by atoms with E-state index in [1.807, 2.05) is 45.9 Å². The third-order valence-electron chi connectivity index (χ3n) is 6.37. The zero-order valence-corrected chi connectivity index (χ0v) is 19.7. The second kappa shape index (κ2) is 8.81. The highest BCUT2D eigenvalue weighted by Gasteiger charge is 2.35. The van der Waals surface area contributed by atoms with Gasteiger partial charge < -0.3 is 14.3 Å².